The average Bonchev–Trinajstić information content (AvgIpc) is 2.24. The predicted octanol–water partition coefficient (Wildman–Crippen LogP) is 1.80. The number of carbonyl (C=O) groups is 1. The molecule has 0 radical (unpaired) electrons. The lowest BCUT2D eigenvalue weighted by Gasteiger charge is -2.18. The van der Waals surface area contributed by atoms with Crippen molar-refractivity contribution in [1.82, 2.24) is 10.0 Å². The molecule has 1 aromatic rings. The third kappa shape index (κ3) is 4.54. The second-order valence-electron chi connectivity index (χ2n) is 5.73. The molecule has 0 aliphatic carbocycles. The molecule has 0 fully saturated rings. The van der Waals surface area contributed by atoms with Crippen LogP contribution in [-0.4, -0.2) is 26.4 Å². The zero-order valence-electron chi connectivity index (χ0n) is 13.4. The van der Waals surface area contributed by atoms with Gasteiger partial charge in [-0.15, -0.1) is 0 Å². The van der Waals surface area contributed by atoms with Gasteiger partial charge < -0.3 is 5.32 Å². The van der Waals surface area contributed by atoms with Crippen LogP contribution in [-0.2, 0) is 14.8 Å². The van der Waals surface area contributed by atoms with E-state index in [0.29, 0.717) is 11.1 Å². The van der Waals surface area contributed by atoms with Gasteiger partial charge in [-0.1, -0.05) is 17.7 Å². The van der Waals surface area contributed by atoms with Crippen LogP contribution < -0.4 is 10.0 Å². The highest BCUT2D eigenvalue weighted by atomic mass is 32.2. The van der Waals surface area contributed by atoms with Crippen molar-refractivity contribution < 1.29 is 13.2 Å². The SMILES string of the molecule is Cc1cc(C)c(S(=O)(=O)NC(C)C(=O)NC(C)C)c(C)c1. The minimum atomic E-state index is -3.73. The van der Waals surface area contributed by atoms with Gasteiger partial charge in [0, 0.05) is 6.04 Å². The molecular formula is C15H24N2O3S. The van der Waals surface area contributed by atoms with E-state index >= 15 is 0 Å². The Morgan fingerprint density at radius 2 is 1.52 bits per heavy atom. The molecule has 118 valence electrons. The van der Waals surface area contributed by atoms with Gasteiger partial charge in [-0.05, 0) is 52.7 Å². The first-order chi connectivity index (χ1) is 9.54. The van der Waals surface area contributed by atoms with E-state index in [2.05, 4.69) is 10.0 Å². The van der Waals surface area contributed by atoms with Crippen molar-refractivity contribution >= 4 is 15.9 Å². The fraction of sp³-hybridized carbons (Fsp3) is 0.533. The van der Waals surface area contributed by atoms with Crippen LogP contribution in [0.5, 0.6) is 0 Å². The molecule has 0 aromatic heterocycles. The number of amides is 1. The molecule has 0 aliphatic rings. The first-order valence-electron chi connectivity index (χ1n) is 6.95. The van der Waals surface area contributed by atoms with Gasteiger partial charge in [-0.3, -0.25) is 4.79 Å². The van der Waals surface area contributed by atoms with Gasteiger partial charge in [0.25, 0.3) is 0 Å². The van der Waals surface area contributed by atoms with Crippen LogP contribution in [0.15, 0.2) is 17.0 Å². The van der Waals surface area contributed by atoms with E-state index in [1.165, 1.54) is 6.92 Å². The lowest BCUT2D eigenvalue weighted by atomic mass is 10.1. The number of hydrogen-bond acceptors (Lipinski definition) is 3. The Labute approximate surface area is 127 Å². The lowest BCUT2D eigenvalue weighted by Crippen LogP contribution is -2.46. The first kappa shape index (κ1) is 17.7. The Balaban J connectivity index is 3.05. The van der Waals surface area contributed by atoms with Gasteiger partial charge in [0.15, 0.2) is 0 Å². The summed E-state index contributed by atoms with van der Waals surface area (Å²) >= 11 is 0. The van der Waals surface area contributed by atoms with E-state index in [1.54, 1.807) is 13.8 Å². The number of benzene rings is 1. The van der Waals surface area contributed by atoms with Gasteiger partial charge in [0.1, 0.15) is 0 Å². The van der Waals surface area contributed by atoms with Gasteiger partial charge in [-0.2, -0.15) is 4.72 Å². The monoisotopic (exact) mass is 312 g/mol. The molecule has 0 heterocycles. The van der Waals surface area contributed by atoms with Gasteiger partial charge >= 0.3 is 0 Å². The summed E-state index contributed by atoms with van der Waals surface area (Å²) in [5.41, 5.74) is 2.36. The minimum absolute atomic E-state index is 0.0349. The topological polar surface area (TPSA) is 75.3 Å². The fourth-order valence-corrected chi connectivity index (χ4v) is 4.00. The quantitative estimate of drug-likeness (QED) is 0.870. The summed E-state index contributed by atoms with van der Waals surface area (Å²) in [5.74, 6) is -0.337. The molecule has 0 bridgehead atoms. The molecule has 2 N–H and O–H groups in total. The average molecular weight is 312 g/mol. The highest BCUT2D eigenvalue weighted by Crippen LogP contribution is 2.21. The van der Waals surface area contributed by atoms with Crippen molar-refractivity contribution in [2.45, 2.75) is 58.5 Å². The molecule has 1 rings (SSSR count). The molecule has 1 unspecified atom stereocenters. The molecule has 5 nitrogen and oxygen atoms in total. The van der Waals surface area contributed by atoms with E-state index in [-0.39, 0.29) is 16.8 Å². The molecule has 0 saturated carbocycles. The van der Waals surface area contributed by atoms with Crippen molar-refractivity contribution in [1.29, 1.82) is 0 Å². The third-order valence-electron chi connectivity index (χ3n) is 3.03. The molecule has 0 spiro atoms. The third-order valence-corrected chi connectivity index (χ3v) is 4.87. The molecule has 0 saturated heterocycles. The molecule has 1 amide bonds. The predicted molar refractivity (Wildman–Crippen MR) is 83.7 cm³/mol. The van der Waals surface area contributed by atoms with E-state index in [1.807, 2.05) is 32.9 Å². The Bertz CT molecular complexity index is 613. The molecule has 1 aromatic carbocycles. The Kier molecular flexibility index (Phi) is 5.53. The highest BCUT2D eigenvalue weighted by molar-refractivity contribution is 7.89. The minimum Gasteiger partial charge on any atom is -0.353 e. The van der Waals surface area contributed by atoms with Crippen LogP contribution in [0, 0.1) is 20.8 Å². The number of sulfonamides is 1. The normalized spacial score (nSPS) is 13.3. The summed E-state index contributed by atoms with van der Waals surface area (Å²) in [7, 11) is -3.73. The van der Waals surface area contributed by atoms with Crippen LogP contribution in [0.1, 0.15) is 37.5 Å². The highest BCUT2D eigenvalue weighted by Gasteiger charge is 2.25. The van der Waals surface area contributed by atoms with Crippen molar-refractivity contribution in [3.05, 3.63) is 28.8 Å². The van der Waals surface area contributed by atoms with Crippen molar-refractivity contribution in [2.24, 2.45) is 0 Å². The summed E-state index contributed by atoms with van der Waals surface area (Å²) in [4.78, 5) is 12.1. The van der Waals surface area contributed by atoms with Crippen LogP contribution in [0.2, 0.25) is 0 Å². The number of carbonyl (C=O) groups excluding carboxylic acids is 1. The smallest absolute Gasteiger partial charge is 0.241 e. The molecule has 1 atom stereocenters. The summed E-state index contributed by atoms with van der Waals surface area (Å²) < 4.78 is 27.4. The lowest BCUT2D eigenvalue weighted by molar-refractivity contribution is -0.122. The number of nitrogens with one attached hydrogen (secondary N) is 2. The van der Waals surface area contributed by atoms with Crippen LogP contribution >= 0.6 is 0 Å². The Hall–Kier alpha value is -1.40. The van der Waals surface area contributed by atoms with Gasteiger partial charge in [0.05, 0.1) is 10.9 Å². The summed E-state index contributed by atoms with van der Waals surface area (Å²) in [6, 6.07) is 2.78. The molecule has 6 heteroatoms. The maximum absolute atomic E-state index is 12.5. The molecule has 21 heavy (non-hydrogen) atoms. The van der Waals surface area contributed by atoms with E-state index in [4.69, 9.17) is 0 Å². The largest absolute Gasteiger partial charge is 0.353 e. The number of hydrogen-bond donors (Lipinski definition) is 2. The van der Waals surface area contributed by atoms with Gasteiger partial charge in [0.2, 0.25) is 15.9 Å². The zero-order valence-corrected chi connectivity index (χ0v) is 14.3. The second kappa shape index (κ2) is 6.58. The van der Waals surface area contributed by atoms with Crippen LogP contribution in [0.25, 0.3) is 0 Å². The summed E-state index contributed by atoms with van der Waals surface area (Å²) in [6.45, 7) is 10.6. The van der Waals surface area contributed by atoms with Gasteiger partial charge in [-0.25, -0.2) is 8.42 Å². The standard InChI is InChI=1S/C15H24N2O3S/c1-9(2)16-15(18)13(6)17-21(19,20)14-11(4)7-10(3)8-12(14)5/h7-9,13,17H,1-6H3,(H,16,18). The first-order valence-corrected chi connectivity index (χ1v) is 8.43. The maximum Gasteiger partial charge on any atom is 0.241 e. The van der Waals surface area contributed by atoms with Crippen LogP contribution in [0.3, 0.4) is 0 Å². The van der Waals surface area contributed by atoms with Crippen molar-refractivity contribution in [3.8, 4) is 0 Å². The number of aryl methyl sites for hydroxylation is 3. The molecular weight excluding hydrogens is 288 g/mol. The second-order valence-corrected chi connectivity index (χ2v) is 7.38. The van der Waals surface area contributed by atoms with E-state index in [9.17, 15) is 13.2 Å². The van der Waals surface area contributed by atoms with Crippen molar-refractivity contribution in [3.63, 3.8) is 0 Å². The van der Waals surface area contributed by atoms with E-state index < -0.39 is 16.1 Å². The number of rotatable bonds is 5. The maximum atomic E-state index is 12.5. The fourth-order valence-electron chi connectivity index (χ4n) is 2.35. The summed E-state index contributed by atoms with van der Waals surface area (Å²) in [6.07, 6.45) is 0. The van der Waals surface area contributed by atoms with E-state index in [0.717, 1.165) is 5.56 Å². The Morgan fingerprint density at radius 1 is 1.05 bits per heavy atom. The molecule has 0 aliphatic heterocycles. The zero-order chi connectivity index (χ0) is 16.4. The summed E-state index contributed by atoms with van der Waals surface area (Å²) in [5, 5.41) is 2.69. The Morgan fingerprint density at radius 3 is 1.95 bits per heavy atom. The van der Waals surface area contributed by atoms with Crippen molar-refractivity contribution in [2.75, 3.05) is 0 Å². The van der Waals surface area contributed by atoms with Crippen LogP contribution in [0.4, 0.5) is 0 Å².